The molecule has 2 heterocycles. The first-order valence-corrected chi connectivity index (χ1v) is 11.3. The van der Waals surface area contributed by atoms with Gasteiger partial charge < -0.3 is 5.32 Å². The first kappa shape index (κ1) is 19.0. The molecule has 0 saturated heterocycles. The van der Waals surface area contributed by atoms with E-state index in [2.05, 4.69) is 31.1 Å². The first-order valence-electron chi connectivity index (χ1n) is 8.63. The van der Waals surface area contributed by atoms with E-state index in [1.807, 2.05) is 6.07 Å². The maximum Gasteiger partial charge on any atom is 0.265 e. The summed E-state index contributed by atoms with van der Waals surface area (Å²) in [5.74, 6) is 0.457. The summed E-state index contributed by atoms with van der Waals surface area (Å²) in [5.41, 5.74) is 2.05. The minimum Gasteiger partial charge on any atom is -0.320 e. The van der Waals surface area contributed by atoms with Crippen LogP contribution in [0.2, 0.25) is 0 Å². The summed E-state index contributed by atoms with van der Waals surface area (Å²) in [5, 5.41) is 2.80. The molecule has 1 N–H and O–H groups in total. The third kappa shape index (κ3) is 4.15. The van der Waals surface area contributed by atoms with Crippen molar-refractivity contribution in [2.75, 3.05) is 11.6 Å². The van der Waals surface area contributed by atoms with E-state index in [9.17, 15) is 13.2 Å². The monoisotopic (exact) mass is 392 g/mol. The van der Waals surface area contributed by atoms with Crippen LogP contribution in [-0.2, 0) is 22.7 Å². The van der Waals surface area contributed by atoms with Crippen LogP contribution < -0.4 is 5.32 Å². The second-order valence-corrected chi connectivity index (χ2v) is 11.1. The molecule has 0 spiro atoms. The molecule has 1 amide bonds. The maximum atomic E-state index is 12.5. The highest BCUT2D eigenvalue weighted by Gasteiger charge is 2.30. The highest BCUT2D eigenvalue weighted by Crippen LogP contribution is 2.40. The molecule has 2 aromatic rings. The molecule has 1 atom stereocenters. The summed E-state index contributed by atoms with van der Waals surface area (Å²) < 4.78 is 22.9. The molecule has 7 heteroatoms. The number of thiophene rings is 1. The molecule has 5 nitrogen and oxygen atoms in total. The molecule has 0 aliphatic heterocycles. The van der Waals surface area contributed by atoms with Crippen molar-refractivity contribution in [3.63, 3.8) is 0 Å². The zero-order valence-corrected chi connectivity index (χ0v) is 17.1. The molecule has 0 bridgehead atoms. The second-order valence-electron chi connectivity index (χ2n) is 7.98. The third-order valence-electron chi connectivity index (χ3n) is 4.91. The van der Waals surface area contributed by atoms with Crippen molar-refractivity contribution in [1.29, 1.82) is 0 Å². The van der Waals surface area contributed by atoms with Gasteiger partial charge in [0.05, 0.1) is 16.8 Å². The number of nitrogens with zero attached hydrogens (tertiary/aromatic N) is 1. The topological polar surface area (TPSA) is 76.1 Å². The lowest BCUT2D eigenvalue weighted by Gasteiger charge is -2.33. The second kappa shape index (κ2) is 6.78. The summed E-state index contributed by atoms with van der Waals surface area (Å²) >= 11 is 1.55. The van der Waals surface area contributed by atoms with Gasteiger partial charge in [0, 0.05) is 11.1 Å². The lowest BCUT2D eigenvalue weighted by molar-refractivity contribution is 0.103. The number of rotatable bonds is 3. The molecule has 0 unspecified atom stereocenters. The molecule has 0 aromatic carbocycles. The minimum atomic E-state index is -3.34. The predicted molar refractivity (Wildman–Crippen MR) is 105 cm³/mol. The van der Waals surface area contributed by atoms with Crippen molar-refractivity contribution in [2.45, 2.75) is 45.1 Å². The summed E-state index contributed by atoms with van der Waals surface area (Å²) in [6.45, 7) is 6.82. The molecule has 3 rings (SSSR count). The maximum absolute atomic E-state index is 12.5. The molecule has 0 saturated carbocycles. The molecule has 1 aliphatic carbocycles. The zero-order valence-electron chi connectivity index (χ0n) is 15.5. The Balaban J connectivity index is 1.73. The van der Waals surface area contributed by atoms with Crippen molar-refractivity contribution in [1.82, 2.24) is 4.98 Å². The summed E-state index contributed by atoms with van der Waals surface area (Å²) in [4.78, 5) is 18.4. The van der Waals surface area contributed by atoms with E-state index in [1.54, 1.807) is 17.4 Å². The Morgan fingerprint density at radius 2 is 2.04 bits per heavy atom. The van der Waals surface area contributed by atoms with Gasteiger partial charge in [-0.3, -0.25) is 4.79 Å². The number of aryl methyl sites for hydroxylation is 1. The van der Waals surface area contributed by atoms with E-state index in [0.29, 0.717) is 16.5 Å². The average Bonchev–Trinajstić information content (AvgIpc) is 2.97. The number of anilines is 1. The van der Waals surface area contributed by atoms with Crippen LogP contribution in [0, 0.1) is 11.3 Å². The van der Waals surface area contributed by atoms with E-state index in [1.165, 1.54) is 22.7 Å². The largest absolute Gasteiger partial charge is 0.320 e. The highest BCUT2D eigenvalue weighted by atomic mass is 32.2. The van der Waals surface area contributed by atoms with Gasteiger partial charge in [-0.1, -0.05) is 20.8 Å². The number of hydrogen-bond acceptors (Lipinski definition) is 5. The fourth-order valence-electron chi connectivity index (χ4n) is 3.24. The molecule has 140 valence electrons. The van der Waals surface area contributed by atoms with E-state index in [0.717, 1.165) is 25.5 Å². The number of carbonyl (C=O) groups is 1. The molecule has 1 aliphatic rings. The minimum absolute atomic E-state index is 0.00434. The Kier molecular flexibility index (Phi) is 4.96. The number of hydrogen-bond donors (Lipinski definition) is 1. The quantitative estimate of drug-likeness (QED) is 0.858. The lowest BCUT2D eigenvalue weighted by Crippen LogP contribution is -2.26. The standard InChI is InChI=1S/C19H24N2O3S2/c1-19(2,3)13-5-7-15-12(9-13)10-16(25-15)18(22)21-14-6-8-17(20-11-14)26(4,23)24/h6,8,10-11,13H,5,7,9H2,1-4H3,(H,21,22)/t13-/m1/s1. The summed E-state index contributed by atoms with van der Waals surface area (Å²) in [6.07, 6.45) is 5.69. The van der Waals surface area contributed by atoms with Gasteiger partial charge >= 0.3 is 0 Å². The third-order valence-corrected chi connectivity index (χ3v) is 7.14. The van der Waals surface area contributed by atoms with Crippen molar-refractivity contribution in [3.8, 4) is 0 Å². The molecular weight excluding hydrogens is 368 g/mol. The predicted octanol–water partition coefficient (Wildman–Crippen LogP) is 3.95. The van der Waals surface area contributed by atoms with Gasteiger partial charge in [0.2, 0.25) is 0 Å². The number of fused-ring (bicyclic) bond motifs is 1. The number of carbonyl (C=O) groups excluding carboxylic acids is 1. The Labute approximate surface area is 158 Å². The highest BCUT2D eigenvalue weighted by molar-refractivity contribution is 7.90. The van der Waals surface area contributed by atoms with Gasteiger partial charge in [0.1, 0.15) is 0 Å². The Morgan fingerprint density at radius 3 is 2.62 bits per heavy atom. The summed E-state index contributed by atoms with van der Waals surface area (Å²) in [7, 11) is -3.34. The average molecular weight is 393 g/mol. The van der Waals surface area contributed by atoms with Gasteiger partial charge in [-0.05, 0) is 54.4 Å². The van der Waals surface area contributed by atoms with Crippen LogP contribution in [0.3, 0.4) is 0 Å². The molecular formula is C19H24N2O3S2. The summed E-state index contributed by atoms with van der Waals surface area (Å²) in [6, 6.07) is 4.97. The van der Waals surface area contributed by atoms with E-state index < -0.39 is 9.84 Å². The van der Waals surface area contributed by atoms with Crippen LogP contribution in [0.1, 0.15) is 47.3 Å². The Morgan fingerprint density at radius 1 is 1.31 bits per heavy atom. The van der Waals surface area contributed by atoms with Gasteiger partial charge in [-0.2, -0.15) is 0 Å². The van der Waals surface area contributed by atoms with E-state index in [-0.39, 0.29) is 16.3 Å². The fourth-order valence-corrected chi connectivity index (χ4v) is 4.90. The van der Waals surface area contributed by atoms with Gasteiger partial charge in [0.15, 0.2) is 14.9 Å². The van der Waals surface area contributed by atoms with Crippen LogP contribution in [0.25, 0.3) is 0 Å². The zero-order chi connectivity index (χ0) is 19.1. The first-order chi connectivity index (χ1) is 12.0. The number of nitrogens with one attached hydrogen (secondary N) is 1. The normalized spacial score (nSPS) is 17.6. The van der Waals surface area contributed by atoms with E-state index in [4.69, 9.17) is 0 Å². The van der Waals surface area contributed by atoms with Gasteiger partial charge in [-0.25, -0.2) is 13.4 Å². The molecule has 2 aromatic heterocycles. The number of amides is 1. The van der Waals surface area contributed by atoms with Crippen LogP contribution in [0.4, 0.5) is 5.69 Å². The lowest BCUT2D eigenvalue weighted by atomic mass is 9.72. The smallest absolute Gasteiger partial charge is 0.265 e. The van der Waals surface area contributed by atoms with E-state index >= 15 is 0 Å². The number of aromatic nitrogens is 1. The number of pyridine rings is 1. The number of sulfone groups is 1. The van der Waals surface area contributed by atoms with Crippen LogP contribution in [0.15, 0.2) is 29.4 Å². The molecule has 0 radical (unpaired) electrons. The van der Waals surface area contributed by atoms with Crippen molar-refractivity contribution < 1.29 is 13.2 Å². The van der Waals surface area contributed by atoms with Crippen LogP contribution in [0.5, 0.6) is 0 Å². The van der Waals surface area contributed by atoms with Gasteiger partial charge in [0.25, 0.3) is 5.91 Å². The SMILES string of the molecule is CC(C)(C)[C@@H]1CCc2sc(C(=O)Nc3ccc(S(C)(=O)=O)nc3)cc2C1. The molecule has 26 heavy (non-hydrogen) atoms. The van der Waals surface area contributed by atoms with Crippen molar-refractivity contribution in [2.24, 2.45) is 11.3 Å². The fraction of sp³-hybridized carbons (Fsp3) is 0.474. The Hall–Kier alpha value is -1.73. The van der Waals surface area contributed by atoms with Crippen LogP contribution in [-0.4, -0.2) is 25.6 Å². The van der Waals surface area contributed by atoms with Crippen molar-refractivity contribution >= 4 is 32.8 Å². The molecule has 0 fully saturated rings. The van der Waals surface area contributed by atoms with Crippen LogP contribution >= 0.6 is 11.3 Å². The van der Waals surface area contributed by atoms with Gasteiger partial charge in [-0.15, -0.1) is 11.3 Å². The van der Waals surface area contributed by atoms with Crippen molar-refractivity contribution in [3.05, 3.63) is 39.7 Å². The Bertz CT molecular complexity index is 923.